The van der Waals surface area contributed by atoms with E-state index >= 15 is 0 Å². The average Bonchev–Trinajstić information content (AvgIpc) is 2.55. The van der Waals surface area contributed by atoms with Crippen LogP contribution in [0.15, 0.2) is 36.7 Å². The zero-order chi connectivity index (χ0) is 16.8. The highest BCUT2D eigenvalue weighted by atomic mass is 35.5. The minimum absolute atomic E-state index is 0.244. The molecule has 6 heteroatoms. The molecule has 0 radical (unpaired) electrons. The van der Waals surface area contributed by atoms with Gasteiger partial charge in [-0.15, -0.1) is 0 Å². The third-order valence-corrected chi connectivity index (χ3v) is 3.73. The van der Waals surface area contributed by atoms with E-state index in [9.17, 15) is 4.79 Å². The number of methoxy groups -OCH3 is 1. The van der Waals surface area contributed by atoms with Crippen molar-refractivity contribution in [2.45, 2.75) is 26.3 Å². The number of ether oxygens (including phenoxy) is 1. The Bertz CT molecular complexity index is 691. The quantitative estimate of drug-likeness (QED) is 0.831. The largest absolute Gasteiger partial charge is 0.495 e. The van der Waals surface area contributed by atoms with Crippen molar-refractivity contribution in [2.75, 3.05) is 17.7 Å². The first kappa shape index (κ1) is 17.1. The number of halogens is 1. The van der Waals surface area contributed by atoms with Crippen LogP contribution >= 0.6 is 11.6 Å². The van der Waals surface area contributed by atoms with Crippen LogP contribution in [0.1, 0.15) is 30.6 Å². The molecule has 1 amide bonds. The Kier molecular flexibility index (Phi) is 5.82. The van der Waals surface area contributed by atoms with Gasteiger partial charge in [-0.05, 0) is 37.6 Å². The van der Waals surface area contributed by atoms with Gasteiger partial charge in [-0.1, -0.05) is 18.5 Å². The molecule has 2 aromatic rings. The maximum absolute atomic E-state index is 12.3. The van der Waals surface area contributed by atoms with Crippen molar-refractivity contribution in [1.82, 2.24) is 4.98 Å². The fraction of sp³-hybridized carbons (Fsp3) is 0.294. The number of benzene rings is 1. The topological polar surface area (TPSA) is 63.2 Å². The van der Waals surface area contributed by atoms with Crippen molar-refractivity contribution in [3.63, 3.8) is 0 Å². The summed E-state index contributed by atoms with van der Waals surface area (Å²) in [5.74, 6) is 0.317. The van der Waals surface area contributed by atoms with Crippen molar-refractivity contribution in [3.8, 4) is 5.75 Å². The fourth-order valence-electron chi connectivity index (χ4n) is 1.98. The molecule has 122 valence electrons. The third kappa shape index (κ3) is 4.60. The molecule has 0 fully saturated rings. The lowest BCUT2D eigenvalue weighted by molar-refractivity contribution is 0.102. The highest BCUT2D eigenvalue weighted by Crippen LogP contribution is 2.27. The molecule has 1 aromatic heterocycles. The van der Waals surface area contributed by atoms with Crippen molar-refractivity contribution < 1.29 is 9.53 Å². The second kappa shape index (κ2) is 7.83. The number of nitrogens with zero attached hydrogens (tertiary/aromatic N) is 1. The maximum Gasteiger partial charge on any atom is 0.257 e. The summed E-state index contributed by atoms with van der Waals surface area (Å²) in [7, 11) is 1.54. The van der Waals surface area contributed by atoms with Gasteiger partial charge in [0.15, 0.2) is 0 Å². The molecule has 1 atom stereocenters. The van der Waals surface area contributed by atoms with Gasteiger partial charge < -0.3 is 15.4 Å². The Morgan fingerprint density at radius 1 is 1.30 bits per heavy atom. The van der Waals surface area contributed by atoms with Crippen LogP contribution < -0.4 is 15.4 Å². The van der Waals surface area contributed by atoms with Crippen LogP contribution in [0.4, 0.5) is 11.4 Å². The van der Waals surface area contributed by atoms with E-state index in [1.807, 2.05) is 0 Å². The number of anilines is 2. The van der Waals surface area contributed by atoms with Gasteiger partial charge in [-0.25, -0.2) is 0 Å². The van der Waals surface area contributed by atoms with Gasteiger partial charge in [0, 0.05) is 24.1 Å². The Morgan fingerprint density at radius 2 is 2.09 bits per heavy atom. The summed E-state index contributed by atoms with van der Waals surface area (Å²) in [6.07, 6.45) is 4.22. The van der Waals surface area contributed by atoms with E-state index in [0.717, 1.165) is 12.1 Å². The summed E-state index contributed by atoms with van der Waals surface area (Å²) in [4.78, 5) is 16.4. The standard InChI is InChI=1S/C17H20ClN3O2/c1-4-11(2)20-14-7-12(9-19-10-14)17(22)21-13-5-6-16(23-3)15(18)8-13/h5-11,20H,4H2,1-3H3,(H,21,22). The lowest BCUT2D eigenvalue weighted by Gasteiger charge is -2.13. The lowest BCUT2D eigenvalue weighted by Crippen LogP contribution is -2.16. The van der Waals surface area contributed by atoms with Gasteiger partial charge in [0.05, 0.1) is 23.4 Å². The van der Waals surface area contributed by atoms with Crippen molar-refractivity contribution in [2.24, 2.45) is 0 Å². The summed E-state index contributed by atoms with van der Waals surface area (Å²) < 4.78 is 5.09. The number of amides is 1. The van der Waals surface area contributed by atoms with Crippen LogP contribution in [-0.4, -0.2) is 24.0 Å². The zero-order valence-electron chi connectivity index (χ0n) is 13.4. The zero-order valence-corrected chi connectivity index (χ0v) is 14.1. The van der Waals surface area contributed by atoms with E-state index in [2.05, 4.69) is 29.5 Å². The molecule has 0 aliphatic heterocycles. The van der Waals surface area contributed by atoms with Crippen molar-refractivity contribution in [3.05, 3.63) is 47.2 Å². The number of hydrogen-bond donors (Lipinski definition) is 2. The van der Waals surface area contributed by atoms with E-state index in [-0.39, 0.29) is 5.91 Å². The summed E-state index contributed by atoms with van der Waals surface area (Å²) in [6.45, 7) is 4.17. The Morgan fingerprint density at radius 3 is 2.74 bits per heavy atom. The number of rotatable bonds is 6. The molecule has 1 aromatic carbocycles. The fourth-order valence-corrected chi connectivity index (χ4v) is 2.23. The van der Waals surface area contributed by atoms with Gasteiger partial charge in [-0.2, -0.15) is 0 Å². The summed E-state index contributed by atoms with van der Waals surface area (Å²) in [5.41, 5.74) is 1.89. The molecule has 2 N–H and O–H groups in total. The minimum Gasteiger partial charge on any atom is -0.495 e. The first-order chi connectivity index (χ1) is 11.0. The van der Waals surface area contributed by atoms with Crippen LogP contribution in [0.2, 0.25) is 5.02 Å². The van der Waals surface area contributed by atoms with Crippen LogP contribution in [-0.2, 0) is 0 Å². The van der Waals surface area contributed by atoms with Crippen LogP contribution in [0.3, 0.4) is 0 Å². The molecule has 5 nitrogen and oxygen atoms in total. The van der Waals surface area contributed by atoms with Crippen LogP contribution in [0.5, 0.6) is 5.75 Å². The second-order valence-electron chi connectivity index (χ2n) is 5.22. The Hall–Kier alpha value is -2.27. The highest BCUT2D eigenvalue weighted by Gasteiger charge is 2.10. The average molecular weight is 334 g/mol. The molecule has 1 heterocycles. The molecule has 1 unspecified atom stereocenters. The van der Waals surface area contributed by atoms with Crippen molar-refractivity contribution >= 4 is 28.9 Å². The van der Waals surface area contributed by atoms with Gasteiger partial charge in [0.1, 0.15) is 5.75 Å². The molecule has 0 spiro atoms. The van der Waals surface area contributed by atoms with E-state index in [4.69, 9.17) is 16.3 Å². The van der Waals surface area contributed by atoms with Gasteiger partial charge in [-0.3, -0.25) is 9.78 Å². The number of hydrogen-bond acceptors (Lipinski definition) is 4. The highest BCUT2D eigenvalue weighted by molar-refractivity contribution is 6.32. The third-order valence-electron chi connectivity index (χ3n) is 3.44. The normalized spacial score (nSPS) is 11.7. The molecule has 0 saturated heterocycles. The predicted octanol–water partition coefficient (Wildman–Crippen LogP) is 4.21. The molecule has 0 saturated carbocycles. The molecule has 0 bridgehead atoms. The van der Waals surface area contributed by atoms with Gasteiger partial charge >= 0.3 is 0 Å². The summed E-state index contributed by atoms with van der Waals surface area (Å²) in [5, 5.41) is 6.53. The minimum atomic E-state index is -0.244. The Labute approximate surface area is 141 Å². The number of pyridine rings is 1. The number of carbonyl (C=O) groups is 1. The monoisotopic (exact) mass is 333 g/mol. The van der Waals surface area contributed by atoms with Gasteiger partial charge in [0.2, 0.25) is 0 Å². The SMILES string of the molecule is CCC(C)Nc1cncc(C(=O)Nc2ccc(OC)c(Cl)c2)c1. The smallest absolute Gasteiger partial charge is 0.257 e. The molecule has 23 heavy (non-hydrogen) atoms. The van der Waals surface area contributed by atoms with Crippen molar-refractivity contribution in [1.29, 1.82) is 0 Å². The van der Waals surface area contributed by atoms with E-state index in [1.54, 1.807) is 37.6 Å². The lowest BCUT2D eigenvalue weighted by atomic mass is 10.2. The van der Waals surface area contributed by atoms with E-state index in [0.29, 0.717) is 28.1 Å². The molecular formula is C17H20ClN3O2. The number of carbonyl (C=O) groups excluding carboxylic acids is 1. The summed E-state index contributed by atoms with van der Waals surface area (Å²) >= 11 is 6.06. The molecular weight excluding hydrogens is 314 g/mol. The molecule has 2 rings (SSSR count). The number of nitrogens with one attached hydrogen (secondary N) is 2. The predicted molar refractivity (Wildman–Crippen MR) is 93.6 cm³/mol. The van der Waals surface area contributed by atoms with Crippen LogP contribution in [0.25, 0.3) is 0 Å². The number of aromatic nitrogens is 1. The molecule has 0 aliphatic carbocycles. The van der Waals surface area contributed by atoms with Crippen LogP contribution in [0, 0.1) is 0 Å². The summed E-state index contributed by atoms with van der Waals surface area (Å²) in [6, 6.07) is 7.18. The van der Waals surface area contributed by atoms with E-state index < -0.39 is 0 Å². The van der Waals surface area contributed by atoms with Gasteiger partial charge in [0.25, 0.3) is 5.91 Å². The second-order valence-corrected chi connectivity index (χ2v) is 5.63. The Balaban J connectivity index is 2.11. The molecule has 0 aliphatic rings. The van der Waals surface area contributed by atoms with E-state index in [1.165, 1.54) is 6.20 Å². The first-order valence-corrected chi connectivity index (χ1v) is 7.77. The maximum atomic E-state index is 12.3. The first-order valence-electron chi connectivity index (χ1n) is 7.40.